The molecular weight excluding hydrogens is 358 g/mol. The first-order valence-corrected chi connectivity index (χ1v) is 8.91. The third-order valence-electron chi connectivity index (χ3n) is 4.25. The molecule has 27 heavy (non-hydrogen) atoms. The number of pyridine rings is 1. The van der Waals surface area contributed by atoms with E-state index in [4.69, 9.17) is 16.6 Å². The van der Waals surface area contributed by atoms with E-state index in [1.54, 1.807) is 23.0 Å². The molecule has 0 amide bonds. The Hall–Kier alpha value is -3.24. The van der Waals surface area contributed by atoms with Crippen molar-refractivity contribution in [1.82, 2.24) is 14.5 Å². The van der Waals surface area contributed by atoms with Gasteiger partial charge in [0.15, 0.2) is 0 Å². The molecule has 0 saturated heterocycles. The summed E-state index contributed by atoms with van der Waals surface area (Å²) in [5.74, 6) is 0.595. The second-order valence-corrected chi connectivity index (χ2v) is 6.56. The van der Waals surface area contributed by atoms with Gasteiger partial charge in [-0.1, -0.05) is 41.9 Å². The van der Waals surface area contributed by atoms with Gasteiger partial charge < -0.3 is 0 Å². The standard InChI is InChI=1S/C22H16ClN3O/c23-18-10-7-17(8-11-18)15-26-21(12-9-16-4-3-13-24-14-16)25-20-6-2-1-5-19(20)22(26)27/h1-14H,15H2/b12-9+. The van der Waals surface area contributed by atoms with Crippen molar-refractivity contribution < 1.29 is 0 Å². The van der Waals surface area contributed by atoms with Crippen molar-refractivity contribution in [3.63, 3.8) is 0 Å². The highest BCUT2D eigenvalue weighted by Crippen LogP contribution is 2.14. The fourth-order valence-corrected chi connectivity index (χ4v) is 3.01. The number of nitrogens with zero attached hydrogens (tertiary/aromatic N) is 3. The van der Waals surface area contributed by atoms with E-state index >= 15 is 0 Å². The van der Waals surface area contributed by atoms with E-state index in [-0.39, 0.29) is 5.56 Å². The second-order valence-electron chi connectivity index (χ2n) is 6.12. The monoisotopic (exact) mass is 373 g/mol. The Labute approximate surface area is 161 Å². The molecule has 0 unspecified atom stereocenters. The van der Waals surface area contributed by atoms with Gasteiger partial charge in [0.25, 0.3) is 5.56 Å². The molecule has 4 nitrogen and oxygen atoms in total. The third kappa shape index (κ3) is 3.81. The molecule has 0 bridgehead atoms. The zero-order chi connectivity index (χ0) is 18.6. The van der Waals surface area contributed by atoms with E-state index in [1.807, 2.05) is 66.7 Å². The first-order chi connectivity index (χ1) is 13.2. The molecular formula is C22H16ClN3O. The highest BCUT2D eigenvalue weighted by molar-refractivity contribution is 6.30. The van der Waals surface area contributed by atoms with Crippen molar-refractivity contribution in [2.45, 2.75) is 6.54 Å². The highest BCUT2D eigenvalue weighted by Gasteiger charge is 2.09. The summed E-state index contributed by atoms with van der Waals surface area (Å²) in [6.07, 6.45) is 7.24. The van der Waals surface area contributed by atoms with Gasteiger partial charge in [0.2, 0.25) is 0 Å². The SMILES string of the molecule is O=c1c2ccccc2nc(/C=C/c2cccnc2)n1Cc1ccc(Cl)cc1. The summed E-state index contributed by atoms with van der Waals surface area (Å²) in [7, 11) is 0. The van der Waals surface area contributed by atoms with E-state index in [0.717, 1.165) is 11.1 Å². The fraction of sp³-hybridized carbons (Fsp3) is 0.0455. The number of hydrogen-bond acceptors (Lipinski definition) is 3. The van der Waals surface area contributed by atoms with Gasteiger partial charge in [-0.25, -0.2) is 4.98 Å². The minimum Gasteiger partial charge on any atom is -0.288 e. The van der Waals surface area contributed by atoms with E-state index in [1.165, 1.54) is 0 Å². The van der Waals surface area contributed by atoms with Crippen LogP contribution in [0.5, 0.6) is 0 Å². The third-order valence-corrected chi connectivity index (χ3v) is 4.51. The van der Waals surface area contributed by atoms with E-state index in [0.29, 0.717) is 28.3 Å². The first-order valence-electron chi connectivity index (χ1n) is 8.53. The molecule has 0 N–H and O–H groups in total. The van der Waals surface area contributed by atoms with Gasteiger partial charge in [-0.15, -0.1) is 0 Å². The highest BCUT2D eigenvalue weighted by atomic mass is 35.5. The van der Waals surface area contributed by atoms with Crippen molar-refractivity contribution >= 4 is 34.7 Å². The Bertz CT molecular complexity index is 1170. The molecule has 0 aliphatic heterocycles. The number of rotatable bonds is 4. The minimum absolute atomic E-state index is 0.0682. The molecule has 0 aliphatic rings. The second kappa shape index (κ2) is 7.56. The molecule has 2 aromatic carbocycles. The number of aromatic nitrogens is 3. The van der Waals surface area contributed by atoms with Crippen LogP contribution >= 0.6 is 11.6 Å². The number of fused-ring (bicyclic) bond motifs is 1. The van der Waals surface area contributed by atoms with E-state index in [9.17, 15) is 4.79 Å². The number of para-hydroxylation sites is 1. The van der Waals surface area contributed by atoms with Crippen molar-refractivity contribution in [2.75, 3.05) is 0 Å². The summed E-state index contributed by atoms with van der Waals surface area (Å²) in [6.45, 7) is 0.417. The predicted molar refractivity (Wildman–Crippen MR) is 110 cm³/mol. The molecule has 0 aliphatic carbocycles. The molecule has 4 rings (SSSR count). The summed E-state index contributed by atoms with van der Waals surface area (Å²) >= 11 is 5.97. The van der Waals surface area contributed by atoms with Crippen molar-refractivity contribution in [1.29, 1.82) is 0 Å². The van der Waals surface area contributed by atoms with Crippen LogP contribution in [0.3, 0.4) is 0 Å². The van der Waals surface area contributed by atoms with Gasteiger partial charge in [-0.2, -0.15) is 0 Å². The molecule has 132 valence electrons. The number of halogens is 1. The average molecular weight is 374 g/mol. The van der Waals surface area contributed by atoms with Crippen LogP contribution in [0.4, 0.5) is 0 Å². The first kappa shape index (κ1) is 17.2. The molecule has 0 spiro atoms. The number of benzene rings is 2. The lowest BCUT2D eigenvalue weighted by Gasteiger charge is -2.11. The smallest absolute Gasteiger partial charge is 0.261 e. The summed E-state index contributed by atoms with van der Waals surface area (Å²) in [5, 5.41) is 1.27. The molecule has 5 heteroatoms. The van der Waals surface area contributed by atoms with Crippen LogP contribution in [0, 0.1) is 0 Å². The Morgan fingerprint density at radius 3 is 2.56 bits per heavy atom. The van der Waals surface area contributed by atoms with Crippen LogP contribution in [0.15, 0.2) is 77.9 Å². The fourth-order valence-electron chi connectivity index (χ4n) is 2.88. The maximum atomic E-state index is 13.1. The lowest BCUT2D eigenvalue weighted by Crippen LogP contribution is -2.24. The zero-order valence-electron chi connectivity index (χ0n) is 14.4. The molecule has 0 radical (unpaired) electrons. The van der Waals surface area contributed by atoms with Crippen molar-refractivity contribution in [2.24, 2.45) is 0 Å². The lowest BCUT2D eigenvalue weighted by atomic mass is 10.2. The summed E-state index contributed by atoms with van der Waals surface area (Å²) in [6, 6.07) is 18.7. The Kier molecular flexibility index (Phi) is 4.81. The zero-order valence-corrected chi connectivity index (χ0v) is 15.2. The Balaban J connectivity index is 1.83. The summed E-state index contributed by atoms with van der Waals surface area (Å²) in [5.41, 5.74) is 2.54. The van der Waals surface area contributed by atoms with Gasteiger partial charge in [0.1, 0.15) is 5.82 Å². The van der Waals surface area contributed by atoms with E-state index in [2.05, 4.69) is 4.98 Å². The van der Waals surface area contributed by atoms with Gasteiger partial charge in [0, 0.05) is 17.4 Å². The van der Waals surface area contributed by atoms with Crippen LogP contribution in [0.25, 0.3) is 23.1 Å². The average Bonchev–Trinajstić information content (AvgIpc) is 2.71. The molecule has 0 atom stereocenters. The number of hydrogen-bond donors (Lipinski definition) is 0. The quantitative estimate of drug-likeness (QED) is 0.522. The van der Waals surface area contributed by atoms with Gasteiger partial charge in [-0.3, -0.25) is 14.3 Å². The molecule has 0 saturated carbocycles. The Morgan fingerprint density at radius 1 is 0.963 bits per heavy atom. The summed E-state index contributed by atoms with van der Waals surface area (Å²) in [4.78, 5) is 21.9. The molecule has 0 fully saturated rings. The topological polar surface area (TPSA) is 47.8 Å². The largest absolute Gasteiger partial charge is 0.288 e. The summed E-state index contributed by atoms with van der Waals surface area (Å²) < 4.78 is 1.68. The van der Waals surface area contributed by atoms with Crippen LogP contribution < -0.4 is 5.56 Å². The predicted octanol–water partition coefficient (Wildman–Crippen LogP) is 4.66. The van der Waals surface area contributed by atoms with Gasteiger partial charge in [-0.05, 0) is 53.6 Å². The van der Waals surface area contributed by atoms with Crippen LogP contribution in [0.2, 0.25) is 5.02 Å². The molecule has 2 aromatic heterocycles. The van der Waals surface area contributed by atoms with Crippen molar-refractivity contribution in [3.05, 3.63) is 105 Å². The normalized spacial score (nSPS) is 11.3. The van der Waals surface area contributed by atoms with Crippen LogP contribution in [0.1, 0.15) is 17.0 Å². The minimum atomic E-state index is -0.0682. The van der Waals surface area contributed by atoms with E-state index < -0.39 is 0 Å². The molecule has 2 heterocycles. The van der Waals surface area contributed by atoms with Crippen molar-refractivity contribution in [3.8, 4) is 0 Å². The maximum Gasteiger partial charge on any atom is 0.261 e. The van der Waals surface area contributed by atoms with Gasteiger partial charge >= 0.3 is 0 Å². The Morgan fingerprint density at radius 2 is 1.78 bits per heavy atom. The lowest BCUT2D eigenvalue weighted by molar-refractivity contribution is 0.738. The maximum absolute atomic E-state index is 13.1. The molecule has 4 aromatic rings. The van der Waals surface area contributed by atoms with Crippen LogP contribution in [-0.4, -0.2) is 14.5 Å². The van der Waals surface area contributed by atoms with Gasteiger partial charge in [0.05, 0.1) is 17.4 Å². The van der Waals surface area contributed by atoms with Crippen LogP contribution in [-0.2, 0) is 6.54 Å².